The summed E-state index contributed by atoms with van der Waals surface area (Å²) in [7, 11) is -3.31. The van der Waals surface area contributed by atoms with Crippen LogP contribution >= 0.6 is 0 Å². The van der Waals surface area contributed by atoms with E-state index in [4.69, 9.17) is 15.2 Å². The summed E-state index contributed by atoms with van der Waals surface area (Å²) in [5, 5.41) is 0. The average molecular weight is 299 g/mol. The van der Waals surface area contributed by atoms with E-state index in [-0.39, 0.29) is 18.5 Å². The fraction of sp³-hybridized carbons (Fsp3) is 0.571. The summed E-state index contributed by atoms with van der Waals surface area (Å²) in [6, 6.07) is 6.74. The third-order valence-electron chi connectivity index (χ3n) is 3.32. The van der Waals surface area contributed by atoms with Crippen molar-refractivity contribution in [2.45, 2.75) is 30.4 Å². The van der Waals surface area contributed by atoms with E-state index < -0.39 is 9.84 Å². The number of hydrogen-bond acceptors (Lipinski definition) is 5. The van der Waals surface area contributed by atoms with Gasteiger partial charge in [-0.3, -0.25) is 0 Å². The minimum atomic E-state index is -3.31. The van der Waals surface area contributed by atoms with Crippen molar-refractivity contribution in [2.24, 2.45) is 5.73 Å². The van der Waals surface area contributed by atoms with E-state index in [1.54, 1.807) is 18.2 Å². The summed E-state index contributed by atoms with van der Waals surface area (Å²) < 4.78 is 35.1. The van der Waals surface area contributed by atoms with Gasteiger partial charge >= 0.3 is 0 Å². The maximum absolute atomic E-state index is 12.1. The second-order valence-corrected chi connectivity index (χ2v) is 6.99. The van der Waals surface area contributed by atoms with Crippen molar-refractivity contribution in [2.75, 3.05) is 25.6 Å². The zero-order valence-corrected chi connectivity index (χ0v) is 12.3. The van der Waals surface area contributed by atoms with Gasteiger partial charge in [0.2, 0.25) is 0 Å². The van der Waals surface area contributed by atoms with Gasteiger partial charge in [-0.05, 0) is 30.5 Å². The summed E-state index contributed by atoms with van der Waals surface area (Å²) in [5.41, 5.74) is 6.33. The van der Waals surface area contributed by atoms with Crippen LogP contribution in [-0.4, -0.2) is 40.1 Å². The van der Waals surface area contributed by atoms with Gasteiger partial charge in [0.15, 0.2) is 9.84 Å². The first-order valence-electron chi connectivity index (χ1n) is 6.83. The van der Waals surface area contributed by atoms with Crippen LogP contribution in [0, 0.1) is 0 Å². The molecule has 1 fully saturated rings. The fourth-order valence-electron chi connectivity index (χ4n) is 2.14. The third-order valence-corrected chi connectivity index (χ3v) is 4.99. The molecule has 1 atom stereocenters. The molecule has 6 heteroatoms. The van der Waals surface area contributed by atoms with Gasteiger partial charge in [-0.25, -0.2) is 8.42 Å². The Hall–Kier alpha value is -0.950. The molecule has 2 rings (SSSR count). The van der Waals surface area contributed by atoms with Crippen molar-refractivity contribution < 1.29 is 17.9 Å². The highest BCUT2D eigenvalue weighted by molar-refractivity contribution is 7.91. The topological polar surface area (TPSA) is 78.6 Å². The Kier molecular flexibility index (Phi) is 5.54. The number of hydrogen-bond donors (Lipinski definition) is 1. The number of nitrogens with two attached hydrogens (primary N) is 1. The van der Waals surface area contributed by atoms with E-state index in [0.29, 0.717) is 18.0 Å². The molecule has 1 heterocycles. The summed E-state index contributed by atoms with van der Waals surface area (Å²) in [6.07, 6.45) is 2.17. The highest BCUT2D eigenvalue weighted by Gasteiger charge is 2.17. The molecule has 0 bridgehead atoms. The minimum absolute atomic E-state index is 0.0201. The molecule has 0 aliphatic carbocycles. The molecule has 1 saturated heterocycles. The van der Waals surface area contributed by atoms with Gasteiger partial charge in [0, 0.05) is 13.2 Å². The number of rotatable bonds is 7. The lowest BCUT2D eigenvalue weighted by Crippen LogP contribution is -2.18. The van der Waals surface area contributed by atoms with E-state index in [0.717, 1.165) is 25.0 Å². The molecular formula is C14H21NO4S. The van der Waals surface area contributed by atoms with Crippen LogP contribution in [0.25, 0.3) is 0 Å². The van der Waals surface area contributed by atoms with Crippen LogP contribution in [0.1, 0.15) is 18.4 Å². The standard InChI is InChI=1S/C14H21NO4S/c15-10-12-3-1-5-14(9-12)20(16,17)8-7-18-11-13-4-2-6-19-13/h1,3,5,9,13H,2,4,6-8,10-11,15H2. The first kappa shape index (κ1) is 15.4. The first-order chi connectivity index (χ1) is 9.62. The van der Waals surface area contributed by atoms with E-state index in [2.05, 4.69) is 0 Å². The summed E-state index contributed by atoms with van der Waals surface area (Å²) in [4.78, 5) is 0.307. The molecule has 0 spiro atoms. The Bertz CT molecular complexity index is 524. The quantitative estimate of drug-likeness (QED) is 0.763. The normalized spacial score (nSPS) is 19.4. The molecular weight excluding hydrogens is 278 g/mol. The predicted octanol–water partition coefficient (Wildman–Crippen LogP) is 1.11. The first-order valence-corrected chi connectivity index (χ1v) is 8.48. The summed E-state index contributed by atoms with van der Waals surface area (Å²) >= 11 is 0. The van der Waals surface area contributed by atoms with Crippen molar-refractivity contribution in [1.29, 1.82) is 0 Å². The minimum Gasteiger partial charge on any atom is -0.378 e. The molecule has 1 aliphatic rings. The van der Waals surface area contributed by atoms with Gasteiger partial charge in [0.1, 0.15) is 0 Å². The maximum atomic E-state index is 12.1. The van der Waals surface area contributed by atoms with Crippen molar-refractivity contribution in [3.63, 3.8) is 0 Å². The number of benzene rings is 1. The fourth-order valence-corrected chi connectivity index (χ4v) is 3.33. The van der Waals surface area contributed by atoms with Crippen molar-refractivity contribution in [1.82, 2.24) is 0 Å². The monoisotopic (exact) mass is 299 g/mol. The molecule has 1 aromatic carbocycles. The van der Waals surface area contributed by atoms with Gasteiger partial charge in [-0.15, -0.1) is 0 Å². The molecule has 0 radical (unpaired) electrons. The van der Waals surface area contributed by atoms with E-state index in [1.807, 2.05) is 6.07 Å². The molecule has 1 aliphatic heterocycles. The van der Waals surface area contributed by atoms with Gasteiger partial charge in [0.05, 0.1) is 30.0 Å². The maximum Gasteiger partial charge on any atom is 0.180 e. The molecule has 0 saturated carbocycles. The Balaban J connectivity index is 1.83. The predicted molar refractivity (Wildman–Crippen MR) is 76.2 cm³/mol. The van der Waals surface area contributed by atoms with Crippen LogP contribution in [0.5, 0.6) is 0 Å². The van der Waals surface area contributed by atoms with Crippen molar-refractivity contribution in [3.05, 3.63) is 29.8 Å². The molecule has 112 valence electrons. The van der Waals surface area contributed by atoms with E-state index in [1.165, 1.54) is 0 Å². The van der Waals surface area contributed by atoms with Crippen LogP contribution in [0.4, 0.5) is 0 Å². The second kappa shape index (κ2) is 7.17. The largest absolute Gasteiger partial charge is 0.378 e. The molecule has 0 aromatic heterocycles. The Morgan fingerprint density at radius 1 is 1.40 bits per heavy atom. The summed E-state index contributed by atoms with van der Waals surface area (Å²) in [6.45, 7) is 1.77. The SMILES string of the molecule is NCc1cccc(S(=O)(=O)CCOCC2CCCO2)c1. The van der Waals surface area contributed by atoms with Crippen LogP contribution in [0.3, 0.4) is 0 Å². The average Bonchev–Trinajstić information content (AvgIpc) is 2.97. The Morgan fingerprint density at radius 3 is 2.95 bits per heavy atom. The molecule has 0 amide bonds. The zero-order valence-electron chi connectivity index (χ0n) is 11.5. The number of ether oxygens (including phenoxy) is 2. The van der Waals surface area contributed by atoms with Gasteiger partial charge in [-0.1, -0.05) is 12.1 Å². The smallest absolute Gasteiger partial charge is 0.180 e. The highest BCUT2D eigenvalue weighted by atomic mass is 32.2. The van der Waals surface area contributed by atoms with Gasteiger partial charge in [0.25, 0.3) is 0 Å². The lowest BCUT2D eigenvalue weighted by molar-refractivity contribution is 0.0223. The highest BCUT2D eigenvalue weighted by Crippen LogP contribution is 2.14. The van der Waals surface area contributed by atoms with Crippen LogP contribution in [-0.2, 0) is 25.9 Å². The van der Waals surface area contributed by atoms with Crippen LogP contribution in [0.2, 0.25) is 0 Å². The zero-order chi connectivity index (χ0) is 14.4. The van der Waals surface area contributed by atoms with Crippen molar-refractivity contribution in [3.8, 4) is 0 Å². The second-order valence-electron chi connectivity index (χ2n) is 4.88. The number of sulfone groups is 1. The molecule has 1 aromatic rings. The Labute approximate surface area is 120 Å². The van der Waals surface area contributed by atoms with E-state index >= 15 is 0 Å². The molecule has 20 heavy (non-hydrogen) atoms. The van der Waals surface area contributed by atoms with E-state index in [9.17, 15) is 8.42 Å². The summed E-state index contributed by atoms with van der Waals surface area (Å²) in [5.74, 6) is -0.0201. The molecule has 2 N–H and O–H groups in total. The molecule has 1 unspecified atom stereocenters. The van der Waals surface area contributed by atoms with Crippen molar-refractivity contribution >= 4 is 9.84 Å². The lowest BCUT2D eigenvalue weighted by Gasteiger charge is -2.10. The van der Waals surface area contributed by atoms with Gasteiger partial charge < -0.3 is 15.2 Å². The lowest BCUT2D eigenvalue weighted by atomic mass is 10.2. The Morgan fingerprint density at radius 2 is 2.25 bits per heavy atom. The van der Waals surface area contributed by atoms with Crippen LogP contribution < -0.4 is 5.73 Å². The van der Waals surface area contributed by atoms with Crippen LogP contribution in [0.15, 0.2) is 29.2 Å². The van der Waals surface area contributed by atoms with Gasteiger partial charge in [-0.2, -0.15) is 0 Å². The third kappa shape index (κ3) is 4.28. The molecule has 5 nitrogen and oxygen atoms in total.